The lowest BCUT2D eigenvalue weighted by molar-refractivity contribution is 0.0663. The van der Waals surface area contributed by atoms with E-state index in [1.165, 1.54) is 6.07 Å². The van der Waals surface area contributed by atoms with E-state index in [0.29, 0.717) is 27.0 Å². The molecule has 0 spiro atoms. The van der Waals surface area contributed by atoms with Crippen LogP contribution in [0.1, 0.15) is 20.9 Å². The molecule has 2 aromatic carbocycles. The Morgan fingerprint density at radius 3 is 2.41 bits per heavy atom. The molecule has 0 saturated heterocycles. The molecule has 8 heteroatoms. The third kappa shape index (κ3) is 4.60. The minimum atomic E-state index is -1.13. The fourth-order valence-electron chi connectivity index (χ4n) is 2.32. The number of nitrogens with one attached hydrogen (secondary N) is 2. The first-order valence-electron chi connectivity index (χ1n) is 7.74. The number of carboxylic acid groups (broad SMARTS) is 1. The number of thiocarbonyl (C=S) groups is 1. The molecule has 0 unspecified atom stereocenters. The largest absolute Gasteiger partial charge is 0.475 e. The van der Waals surface area contributed by atoms with Crippen molar-refractivity contribution in [1.82, 2.24) is 5.32 Å². The Labute approximate surface area is 168 Å². The van der Waals surface area contributed by atoms with Gasteiger partial charge in [-0.25, -0.2) is 4.79 Å². The van der Waals surface area contributed by atoms with Crippen LogP contribution in [0.4, 0.5) is 5.69 Å². The fourth-order valence-corrected chi connectivity index (χ4v) is 3.10. The average molecular weight is 445 g/mol. The van der Waals surface area contributed by atoms with Gasteiger partial charge in [0.15, 0.2) is 5.11 Å². The quantitative estimate of drug-likeness (QED) is 0.511. The van der Waals surface area contributed by atoms with Crippen LogP contribution in [0.2, 0.25) is 0 Å². The number of carbonyl (C=O) groups is 2. The third-order valence-corrected chi connectivity index (χ3v) is 4.43. The summed E-state index contributed by atoms with van der Waals surface area (Å²) in [5.74, 6) is -1.15. The van der Waals surface area contributed by atoms with Crippen molar-refractivity contribution in [3.63, 3.8) is 0 Å². The molecule has 0 bridgehead atoms. The number of hydrogen-bond acceptors (Lipinski definition) is 4. The normalized spacial score (nSPS) is 10.3. The van der Waals surface area contributed by atoms with E-state index in [4.69, 9.17) is 21.7 Å². The number of aromatic carboxylic acids is 1. The van der Waals surface area contributed by atoms with Crippen molar-refractivity contribution in [2.45, 2.75) is 0 Å². The highest BCUT2D eigenvalue weighted by Crippen LogP contribution is 2.32. The van der Waals surface area contributed by atoms with Crippen LogP contribution in [0, 0.1) is 0 Å². The number of amides is 1. The number of benzene rings is 2. The molecule has 0 radical (unpaired) electrons. The van der Waals surface area contributed by atoms with E-state index in [9.17, 15) is 9.59 Å². The number of anilines is 1. The van der Waals surface area contributed by atoms with Crippen LogP contribution in [0.5, 0.6) is 0 Å². The maximum Gasteiger partial charge on any atom is 0.371 e. The van der Waals surface area contributed by atoms with Crippen molar-refractivity contribution in [3.05, 3.63) is 76.5 Å². The Hall–Kier alpha value is -2.97. The van der Waals surface area contributed by atoms with E-state index in [0.717, 1.165) is 0 Å². The van der Waals surface area contributed by atoms with Gasteiger partial charge >= 0.3 is 5.97 Å². The van der Waals surface area contributed by atoms with Gasteiger partial charge in [0.2, 0.25) is 5.76 Å². The first kappa shape index (κ1) is 18.8. The summed E-state index contributed by atoms with van der Waals surface area (Å²) in [4.78, 5) is 23.0. The van der Waals surface area contributed by atoms with Crippen LogP contribution >= 0.6 is 28.1 Å². The van der Waals surface area contributed by atoms with E-state index in [-0.39, 0.29) is 16.8 Å². The highest BCUT2D eigenvalue weighted by Gasteiger charge is 2.13. The summed E-state index contributed by atoms with van der Waals surface area (Å²) in [6.45, 7) is 0. The first-order valence-corrected chi connectivity index (χ1v) is 8.94. The Balaban J connectivity index is 1.69. The van der Waals surface area contributed by atoms with Crippen LogP contribution in [0.3, 0.4) is 0 Å². The molecule has 3 aromatic rings. The van der Waals surface area contributed by atoms with Gasteiger partial charge in [0.05, 0.1) is 0 Å². The molecular formula is C19H13BrN2O4S. The van der Waals surface area contributed by atoms with Crippen LogP contribution in [-0.2, 0) is 0 Å². The molecule has 136 valence electrons. The molecule has 1 amide bonds. The third-order valence-electron chi connectivity index (χ3n) is 3.57. The monoisotopic (exact) mass is 444 g/mol. The number of furan rings is 1. The summed E-state index contributed by atoms with van der Waals surface area (Å²) in [5.41, 5.74) is 1.84. The molecule has 0 saturated carbocycles. The second kappa shape index (κ2) is 8.15. The molecule has 1 aromatic heterocycles. The predicted molar refractivity (Wildman–Crippen MR) is 109 cm³/mol. The summed E-state index contributed by atoms with van der Waals surface area (Å²) in [6.07, 6.45) is 0. The zero-order valence-electron chi connectivity index (χ0n) is 13.7. The second-order valence-electron chi connectivity index (χ2n) is 5.44. The summed E-state index contributed by atoms with van der Waals surface area (Å²) in [5, 5.41) is 14.6. The summed E-state index contributed by atoms with van der Waals surface area (Å²) >= 11 is 8.60. The Kier molecular flexibility index (Phi) is 5.68. The van der Waals surface area contributed by atoms with Crippen molar-refractivity contribution in [2.24, 2.45) is 0 Å². The van der Waals surface area contributed by atoms with Gasteiger partial charge in [-0.2, -0.15) is 0 Å². The van der Waals surface area contributed by atoms with Gasteiger partial charge in [-0.1, -0.05) is 18.2 Å². The van der Waals surface area contributed by atoms with Crippen molar-refractivity contribution < 1.29 is 19.1 Å². The lowest BCUT2D eigenvalue weighted by Gasteiger charge is -2.11. The highest BCUT2D eigenvalue weighted by atomic mass is 79.9. The molecule has 0 fully saturated rings. The molecule has 0 aliphatic heterocycles. The SMILES string of the molecule is O=C(NC(=S)Nc1ccc(-c2ccc(C(=O)O)o2)c(Br)c1)c1ccccc1. The lowest BCUT2D eigenvalue weighted by Crippen LogP contribution is -2.34. The Bertz CT molecular complexity index is 1020. The van der Waals surface area contributed by atoms with Gasteiger partial charge in [0, 0.05) is 21.3 Å². The molecule has 0 aliphatic rings. The maximum absolute atomic E-state index is 12.1. The zero-order valence-corrected chi connectivity index (χ0v) is 16.1. The van der Waals surface area contributed by atoms with E-state index in [2.05, 4.69) is 26.6 Å². The molecular weight excluding hydrogens is 432 g/mol. The van der Waals surface area contributed by atoms with Crippen molar-refractivity contribution >= 4 is 50.8 Å². The van der Waals surface area contributed by atoms with Gasteiger partial charge in [0.1, 0.15) is 5.76 Å². The van der Waals surface area contributed by atoms with Crippen LogP contribution in [0.15, 0.2) is 69.6 Å². The first-order chi connectivity index (χ1) is 12.9. The Morgan fingerprint density at radius 1 is 1.04 bits per heavy atom. The predicted octanol–water partition coefficient (Wildman–Crippen LogP) is 4.53. The second-order valence-corrected chi connectivity index (χ2v) is 6.70. The molecule has 6 nitrogen and oxygen atoms in total. The molecule has 27 heavy (non-hydrogen) atoms. The van der Waals surface area contributed by atoms with Crippen molar-refractivity contribution in [1.29, 1.82) is 0 Å². The number of hydrogen-bond donors (Lipinski definition) is 3. The summed E-state index contributed by atoms with van der Waals surface area (Å²) in [6, 6.07) is 17.0. The Morgan fingerprint density at radius 2 is 1.78 bits per heavy atom. The van der Waals surface area contributed by atoms with Gasteiger partial charge in [0.25, 0.3) is 5.91 Å². The molecule has 3 rings (SSSR count). The fraction of sp³-hybridized carbons (Fsp3) is 0. The number of halogens is 1. The minimum absolute atomic E-state index is 0.135. The van der Waals surface area contributed by atoms with Crippen LogP contribution in [-0.4, -0.2) is 22.1 Å². The summed E-state index contributed by atoms with van der Waals surface area (Å²) in [7, 11) is 0. The van der Waals surface area contributed by atoms with Crippen molar-refractivity contribution in [3.8, 4) is 11.3 Å². The van der Waals surface area contributed by atoms with E-state index in [1.54, 1.807) is 48.5 Å². The molecule has 1 heterocycles. The number of carboxylic acids is 1. The van der Waals surface area contributed by atoms with Crippen LogP contribution in [0.25, 0.3) is 11.3 Å². The maximum atomic E-state index is 12.1. The molecule has 0 aliphatic carbocycles. The van der Waals surface area contributed by atoms with Gasteiger partial charge in [-0.15, -0.1) is 0 Å². The molecule has 3 N–H and O–H groups in total. The van der Waals surface area contributed by atoms with Gasteiger partial charge in [-0.3, -0.25) is 10.1 Å². The average Bonchev–Trinajstić information content (AvgIpc) is 3.12. The zero-order chi connectivity index (χ0) is 19.4. The standard InChI is InChI=1S/C19H13BrN2O4S/c20-14-10-12(6-7-13(14)15-8-9-16(26-15)18(24)25)21-19(27)22-17(23)11-4-2-1-3-5-11/h1-10H,(H,24,25)(H2,21,22,23,27). The number of carbonyl (C=O) groups excluding carboxylic acids is 1. The van der Waals surface area contributed by atoms with E-state index >= 15 is 0 Å². The van der Waals surface area contributed by atoms with Crippen LogP contribution < -0.4 is 10.6 Å². The number of rotatable bonds is 4. The van der Waals surface area contributed by atoms with Crippen molar-refractivity contribution in [2.75, 3.05) is 5.32 Å². The van der Waals surface area contributed by atoms with Gasteiger partial charge < -0.3 is 14.8 Å². The smallest absolute Gasteiger partial charge is 0.371 e. The van der Waals surface area contributed by atoms with E-state index in [1.807, 2.05) is 6.07 Å². The van der Waals surface area contributed by atoms with E-state index < -0.39 is 5.97 Å². The highest BCUT2D eigenvalue weighted by molar-refractivity contribution is 9.10. The minimum Gasteiger partial charge on any atom is -0.475 e. The lowest BCUT2D eigenvalue weighted by atomic mass is 10.1. The molecule has 0 atom stereocenters. The topological polar surface area (TPSA) is 91.6 Å². The van der Waals surface area contributed by atoms with Gasteiger partial charge in [-0.05, 0) is 70.6 Å². The summed E-state index contributed by atoms with van der Waals surface area (Å²) < 4.78 is 5.98.